The first-order chi connectivity index (χ1) is 55.0. The summed E-state index contributed by atoms with van der Waals surface area (Å²) in [6.45, 7) is 4.57. The Morgan fingerprint density at radius 3 is 1.06 bits per heavy atom. The van der Waals surface area contributed by atoms with Crippen LogP contribution in [-0.2, 0) is 80.0 Å². The summed E-state index contributed by atoms with van der Waals surface area (Å²) in [7, 11) is 0. The molecule has 15 atom stereocenters. The average Bonchev–Trinajstić information content (AvgIpc) is 0.825. The Morgan fingerprint density at radius 2 is 0.718 bits per heavy atom. The van der Waals surface area contributed by atoms with Gasteiger partial charge in [0.15, 0.2) is 17.9 Å². The number of phenols is 2. The number of nitrogens with two attached hydrogens (primary N) is 8. The molecule has 0 saturated carbocycles. The van der Waals surface area contributed by atoms with Gasteiger partial charge in [0.05, 0.1) is 18.6 Å². The number of carbonyl (C=O) groups excluding carboxylic acids is 13. The van der Waals surface area contributed by atoms with Gasteiger partial charge in [0.2, 0.25) is 76.8 Å². The molecule has 13 amide bonds. The van der Waals surface area contributed by atoms with Crippen LogP contribution in [0.15, 0.2) is 48.5 Å². The lowest BCUT2D eigenvalue weighted by atomic mass is 9.99. The molecule has 2 rings (SSSR count). The van der Waals surface area contributed by atoms with Crippen molar-refractivity contribution in [1.29, 1.82) is 16.2 Å². The summed E-state index contributed by atoms with van der Waals surface area (Å²) in [5, 5.41) is 111. The van der Waals surface area contributed by atoms with Crippen molar-refractivity contribution in [3.8, 4) is 11.5 Å². The molecule has 0 radical (unpaired) electrons. The Morgan fingerprint density at radius 1 is 0.402 bits per heavy atom. The second-order valence-electron chi connectivity index (χ2n) is 28.0. The zero-order valence-corrected chi connectivity index (χ0v) is 67.4. The van der Waals surface area contributed by atoms with Gasteiger partial charge in [-0.25, -0.2) is 4.79 Å². The van der Waals surface area contributed by atoms with Crippen molar-refractivity contribution in [1.82, 2.24) is 79.8 Å². The number of phenolic OH excluding ortho intramolecular Hbond substituents is 2. The number of guanidine groups is 3. The van der Waals surface area contributed by atoms with Crippen LogP contribution in [0.1, 0.15) is 116 Å². The Labute approximate surface area is 686 Å². The van der Waals surface area contributed by atoms with Crippen molar-refractivity contribution in [2.75, 3.05) is 45.0 Å². The van der Waals surface area contributed by atoms with E-state index in [1.54, 1.807) is 0 Å². The fraction of sp³-hybridized carbons (Fsp3) is 0.586. The van der Waals surface area contributed by atoms with E-state index < -0.39 is 215 Å². The molecule has 39 N–H and O–H groups in total. The minimum absolute atomic E-state index is 0.0237. The standard InChI is InChI=1S/C70H118N26O19S2/c1-34(97)51(75)63(111)91-46(30-36-14-18-38(99)19-15-36)61(109)96-53(70(3,4)117)65(113)92-47(32-50(74)101)60(108)87-41(11-7-27-82-67(76)77)54(102)88-45(23-26-73)59(107)95-52(35(2)98)64(112)90-43(13-9-29-84-69(80)81)55(103)85-40(10-5-6-24-71)57(105)94-49(33-116)62(110)89-44(22-25-72)58(106)86-42(12-8-28-83-68(78)79)56(104)93-48(66(114)115)31-37-16-20-39(100)21-17-37/h14-21,34-35,40-49,51-53,97-100,116-117H,5-13,22-33,71-73,75H2,1-4H3,(H2,74,101)(H,85,103)(H,86,106)(H,87,108)(H,88,102)(H,89,110)(H,90,112)(H,91,111)(H,92,113)(H,93,104)(H,94,105)(H,95,107)(H,96,109)(H,114,115)(H4,76,77,82)(H4,78,79,83)(H4,80,81,84)/t34-,35-,40+,41+,42+,43-,44+,45+,46+,47+,48+,49+,51+,52+,53-/m1/s1. The summed E-state index contributed by atoms with van der Waals surface area (Å²) in [4.78, 5) is 195. The highest BCUT2D eigenvalue weighted by molar-refractivity contribution is 7.81. The van der Waals surface area contributed by atoms with E-state index in [2.05, 4.69) is 105 Å². The van der Waals surface area contributed by atoms with Gasteiger partial charge >= 0.3 is 5.97 Å². The number of nitrogens with one attached hydrogen (secondary N) is 18. The number of aliphatic carboxylic acids is 1. The molecular formula is C70H118N26O19S2. The number of benzene rings is 2. The maximum Gasteiger partial charge on any atom is 0.326 e. The van der Waals surface area contributed by atoms with Gasteiger partial charge in [-0.2, -0.15) is 25.3 Å². The monoisotopic (exact) mass is 1690 g/mol. The van der Waals surface area contributed by atoms with Crippen molar-refractivity contribution >= 4 is 126 Å². The predicted molar refractivity (Wildman–Crippen MR) is 434 cm³/mol. The molecule has 0 unspecified atom stereocenters. The van der Waals surface area contributed by atoms with E-state index in [-0.39, 0.29) is 121 Å². The van der Waals surface area contributed by atoms with E-state index in [1.165, 1.54) is 69.3 Å². The Bertz CT molecular complexity index is 3680. The Kier molecular flexibility index (Phi) is 45.7. The molecule has 0 aromatic heterocycles. The largest absolute Gasteiger partial charge is 0.508 e. The smallest absolute Gasteiger partial charge is 0.326 e. The second kappa shape index (κ2) is 52.5. The quantitative estimate of drug-likeness (QED) is 0.0127. The van der Waals surface area contributed by atoms with Crippen LogP contribution in [0.5, 0.6) is 11.5 Å². The third-order valence-electron chi connectivity index (χ3n) is 17.6. The topological polar surface area (TPSA) is 800 Å². The molecule has 2 aromatic rings. The first-order valence-corrected chi connectivity index (χ1v) is 38.6. The highest BCUT2D eigenvalue weighted by Gasteiger charge is 2.41. The number of aliphatic hydroxyl groups excluding tert-OH is 2. The normalized spacial score (nSPS) is 15.0. The second-order valence-corrected chi connectivity index (χ2v) is 29.5. The van der Waals surface area contributed by atoms with Gasteiger partial charge < -0.3 is 151 Å². The van der Waals surface area contributed by atoms with Gasteiger partial charge in [-0.05, 0) is 153 Å². The third-order valence-corrected chi connectivity index (χ3v) is 18.2. The minimum Gasteiger partial charge on any atom is -0.508 e. The fourth-order valence-electron chi connectivity index (χ4n) is 11.2. The molecule has 117 heavy (non-hydrogen) atoms. The molecule has 47 heteroatoms. The number of thiol groups is 2. The van der Waals surface area contributed by atoms with E-state index >= 15 is 0 Å². The molecule has 0 aliphatic rings. The number of amides is 13. The van der Waals surface area contributed by atoms with Gasteiger partial charge in [-0.1, -0.05) is 24.3 Å². The van der Waals surface area contributed by atoms with Crippen molar-refractivity contribution in [3.05, 3.63) is 59.7 Å². The van der Waals surface area contributed by atoms with Gasteiger partial charge in [0.1, 0.15) is 90.0 Å². The summed E-state index contributed by atoms with van der Waals surface area (Å²) >= 11 is 8.79. The number of hydrogen-bond acceptors (Lipinski definition) is 27. The van der Waals surface area contributed by atoms with E-state index in [4.69, 9.17) is 62.1 Å². The molecular weight excluding hydrogens is 1570 g/mol. The average molecular weight is 1690 g/mol. The van der Waals surface area contributed by atoms with Crippen molar-refractivity contribution in [2.24, 2.45) is 45.9 Å². The molecule has 2 aromatic carbocycles. The van der Waals surface area contributed by atoms with Gasteiger partial charge in [0.25, 0.3) is 0 Å². The maximum absolute atomic E-state index is 14.6. The van der Waals surface area contributed by atoms with Crippen molar-refractivity contribution < 1.29 is 92.7 Å². The zero-order chi connectivity index (χ0) is 88.4. The molecule has 0 heterocycles. The number of carbonyl (C=O) groups is 14. The highest BCUT2D eigenvalue weighted by atomic mass is 32.1. The van der Waals surface area contributed by atoms with Crippen LogP contribution in [0.3, 0.4) is 0 Å². The predicted octanol–water partition coefficient (Wildman–Crippen LogP) is -10.00. The first-order valence-electron chi connectivity index (χ1n) is 37.5. The zero-order valence-electron chi connectivity index (χ0n) is 65.6. The van der Waals surface area contributed by atoms with E-state index in [0.29, 0.717) is 17.5 Å². The van der Waals surface area contributed by atoms with Crippen LogP contribution >= 0.6 is 25.3 Å². The summed E-state index contributed by atoms with van der Waals surface area (Å²) in [5.74, 6) is -17.4. The van der Waals surface area contributed by atoms with Gasteiger partial charge in [-0.15, -0.1) is 0 Å². The summed E-state index contributed by atoms with van der Waals surface area (Å²) in [6, 6.07) is -10.2. The number of unbranched alkanes of at least 4 members (excludes halogenated alkanes) is 1. The molecule has 0 bridgehead atoms. The van der Waals surface area contributed by atoms with Crippen LogP contribution in [0.2, 0.25) is 0 Å². The number of rotatable bonds is 55. The SMILES string of the molecule is C[C@@H](O)[C@H](N)C(=O)N[C@@H](Cc1ccc(O)cc1)C(=O)N[C@H](C(=O)N[C@@H](CC(N)=O)C(=O)N[C@@H](CCCNC(=N)N)C(=O)N[C@@H](CCN)C(=O)N[C@H](C(=O)N[C@H](CCCNC(=N)N)C(=O)N[C@@H](CCCCN)C(=O)N[C@@H](CS)C(=O)N[C@@H](CCN)C(=O)N[C@@H](CCCNC(=N)N)C(=O)N[C@@H](Cc1ccc(O)cc1)C(=O)O)[C@@H](C)O)C(C)(C)S. The van der Waals surface area contributed by atoms with Crippen LogP contribution in [0, 0.1) is 16.2 Å². The van der Waals surface area contributed by atoms with Crippen molar-refractivity contribution in [3.63, 3.8) is 0 Å². The highest BCUT2D eigenvalue weighted by Crippen LogP contribution is 2.21. The third kappa shape index (κ3) is 38.9. The lowest BCUT2D eigenvalue weighted by molar-refractivity contribution is -0.142. The lowest BCUT2D eigenvalue weighted by Crippen LogP contribution is -2.64. The summed E-state index contributed by atoms with van der Waals surface area (Å²) < 4.78 is -1.52. The van der Waals surface area contributed by atoms with Crippen LogP contribution < -0.4 is 126 Å². The Hall–Kier alpha value is -11.1. The van der Waals surface area contributed by atoms with E-state index in [9.17, 15) is 92.7 Å². The first kappa shape index (κ1) is 102. The molecule has 0 aliphatic carbocycles. The molecule has 45 nitrogen and oxygen atoms in total. The number of hydrogen-bond donors (Lipinski definition) is 33. The number of primary amides is 1. The molecule has 0 spiro atoms. The number of carboxylic acid groups (broad SMARTS) is 1. The number of aliphatic hydroxyl groups is 2. The molecule has 0 fully saturated rings. The van der Waals surface area contributed by atoms with Gasteiger partial charge in [0, 0.05) is 43.0 Å². The number of aromatic hydroxyl groups is 2. The molecule has 0 aliphatic heterocycles. The van der Waals surface area contributed by atoms with Crippen LogP contribution in [0.4, 0.5) is 0 Å². The fourth-order valence-corrected chi connectivity index (χ4v) is 11.6. The van der Waals surface area contributed by atoms with Crippen molar-refractivity contribution in [2.45, 2.75) is 213 Å². The lowest BCUT2D eigenvalue weighted by Gasteiger charge is -2.33. The Balaban J connectivity index is 2.52. The number of carboxylic acids is 1. The maximum atomic E-state index is 14.6. The van der Waals surface area contributed by atoms with E-state index in [0.717, 1.165) is 6.92 Å². The van der Waals surface area contributed by atoms with Crippen LogP contribution in [-0.4, -0.2) is 267 Å². The van der Waals surface area contributed by atoms with Crippen LogP contribution in [0.25, 0.3) is 0 Å². The minimum atomic E-state index is -1.96. The summed E-state index contributed by atoms with van der Waals surface area (Å²) in [5.41, 5.74) is 46.2. The molecule has 654 valence electrons. The summed E-state index contributed by atoms with van der Waals surface area (Å²) in [6.07, 6.45) is -5.65. The van der Waals surface area contributed by atoms with E-state index in [1.807, 2.05) is 0 Å². The van der Waals surface area contributed by atoms with Gasteiger partial charge in [-0.3, -0.25) is 78.6 Å². The molecule has 0 saturated heterocycles.